The Hall–Kier alpha value is -1.45. The molecule has 1 heterocycles. The molecule has 1 fully saturated rings. The van der Waals surface area contributed by atoms with Crippen LogP contribution in [-0.4, -0.2) is 21.9 Å². The van der Waals surface area contributed by atoms with Crippen molar-refractivity contribution in [3.05, 3.63) is 24.3 Å². The molecule has 0 spiro atoms. The summed E-state index contributed by atoms with van der Waals surface area (Å²) in [6.07, 6.45) is 8.27. The molecular weight excluding hydrogens is 214 g/mol. The van der Waals surface area contributed by atoms with E-state index in [4.69, 9.17) is 0 Å². The summed E-state index contributed by atoms with van der Waals surface area (Å²) < 4.78 is 0. The number of rotatable bonds is 2. The van der Waals surface area contributed by atoms with E-state index in [-0.39, 0.29) is 11.9 Å². The van der Waals surface area contributed by atoms with Crippen LogP contribution in [-0.2, 0) is 0 Å². The van der Waals surface area contributed by atoms with Crippen LogP contribution in [0.1, 0.15) is 43.6 Å². The maximum atomic E-state index is 12.0. The standard InChI is InChI=1S/C13H19N3O/c1-9-4-3-5-10(2)12(9)16-13(17)11-8-14-6-7-15-11/h6-10,12H,3-5H2,1-2H3,(H,16,17)/t9-,10-/m1/s1. The molecule has 0 aliphatic heterocycles. The van der Waals surface area contributed by atoms with E-state index in [9.17, 15) is 4.79 Å². The second-order valence-corrected chi connectivity index (χ2v) is 4.98. The number of aromatic nitrogens is 2. The molecule has 2 rings (SSSR count). The minimum atomic E-state index is -0.108. The molecule has 1 N–H and O–H groups in total. The van der Waals surface area contributed by atoms with Gasteiger partial charge in [0.1, 0.15) is 5.69 Å². The Morgan fingerprint density at radius 1 is 1.29 bits per heavy atom. The van der Waals surface area contributed by atoms with Gasteiger partial charge in [-0.3, -0.25) is 9.78 Å². The van der Waals surface area contributed by atoms with Crippen molar-refractivity contribution < 1.29 is 4.79 Å². The summed E-state index contributed by atoms with van der Waals surface area (Å²) >= 11 is 0. The maximum absolute atomic E-state index is 12.0. The van der Waals surface area contributed by atoms with Crippen LogP contribution >= 0.6 is 0 Å². The van der Waals surface area contributed by atoms with Crippen LogP contribution < -0.4 is 5.32 Å². The van der Waals surface area contributed by atoms with Crippen LogP contribution in [0, 0.1) is 11.8 Å². The van der Waals surface area contributed by atoms with E-state index in [1.54, 1.807) is 12.4 Å². The van der Waals surface area contributed by atoms with Crippen LogP contribution in [0.4, 0.5) is 0 Å². The quantitative estimate of drug-likeness (QED) is 0.850. The van der Waals surface area contributed by atoms with Gasteiger partial charge >= 0.3 is 0 Å². The molecule has 1 amide bonds. The fourth-order valence-electron chi connectivity index (χ4n) is 2.61. The number of carbonyl (C=O) groups is 1. The molecule has 0 saturated heterocycles. The lowest BCUT2D eigenvalue weighted by molar-refractivity contribution is 0.0875. The van der Waals surface area contributed by atoms with Crippen LogP contribution in [0.3, 0.4) is 0 Å². The molecule has 0 aromatic carbocycles. The number of nitrogens with zero attached hydrogens (tertiary/aromatic N) is 2. The normalized spacial score (nSPS) is 25.5. The van der Waals surface area contributed by atoms with Crippen LogP contribution in [0.15, 0.2) is 18.6 Å². The highest BCUT2D eigenvalue weighted by molar-refractivity contribution is 5.92. The maximum Gasteiger partial charge on any atom is 0.271 e. The Labute approximate surface area is 102 Å². The first-order valence-corrected chi connectivity index (χ1v) is 6.25. The van der Waals surface area contributed by atoms with Gasteiger partial charge < -0.3 is 5.32 Å². The van der Waals surface area contributed by atoms with Gasteiger partial charge in [-0.15, -0.1) is 0 Å². The SMILES string of the molecule is C[C@@H]1CCC[C@@H](C)C1NC(=O)c1cnccn1. The zero-order valence-corrected chi connectivity index (χ0v) is 10.4. The van der Waals surface area contributed by atoms with Crippen LogP contribution in [0.2, 0.25) is 0 Å². The molecule has 2 atom stereocenters. The second-order valence-electron chi connectivity index (χ2n) is 4.98. The fourth-order valence-corrected chi connectivity index (χ4v) is 2.61. The van der Waals surface area contributed by atoms with Crippen molar-refractivity contribution in [2.24, 2.45) is 11.8 Å². The van der Waals surface area contributed by atoms with Crippen molar-refractivity contribution in [1.29, 1.82) is 0 Å². The number of hydrogen-bond acceptors (Lipinski definition) is 3. The molecule has 4 nitrogen and oxygen atoms in total. The lowest BCUT2D eigenvalue weighted by Crippen LogP contribution is -2.46. The number of nitrogens with one attached hydrogen (secondary N) is 1. The van der Waals surface area contributed by atoms with Gasteiger partial charge in [-0.05, 0) is 24.7 Å². The molecular formula is C13H19N3O. The van der Waals surface area contributed by atoms with E-state index in [0.29, 0.717) is 17.5 Å². The molecule has 0 unspecified atom stereocenters. The lowest BCUT2D eigenvalue weighted by Gasteiger charge is -2.34. The molecule has 1 saturated carbocycles. The zero-order chi connectivity index (χ0) is 12.3. The van der Waals surface area contributed by atoms with Crippen molar-refractivity contribution in [1.82, 2.24) is 15.3 Å². The van der Waals surface area contributed by atoms with Gasteiger partial charge in [0, 0.05) is 18.4 Å². The first kappa shape index (κ1) is 12.0. The van der Waals surface area contributed by atoms with E-state index in [2.05, 4.69) is 29.1 Å². The Kier molecular flexibility index (Phi) is 3.71. The topological polar surface area (TPSA) is 54.9 Å². The van der Waals surface area contributed by atoms with Gasteiger partial charge in [-0.1, -0.05) is 20.3 Å². The first-order chi connectivity index (χ1) is 8.18. The van der Waals surface area contributed by atoms with E-state index in [0.717, 1.165) is 0 Å². The van der Waals surface area contributed by atoms with E-state index in [1.165, 1.54) is 25.5 Å². The third-order valence-electron chi connectivity index (χ3n) is 3.64. The predicted molar refractivity (Wildman–Crippen MR) is 65.5 cm³/mol. The summed E-state index contributed by atoms with van der Waals surface area (Å²) in [6.45, 7) is 4.41. The highest BCUT2D eigenvalue weighted by Crippen LogP contribution is 2.28. The summed E-state index contributed by atoms with van der Waals surface area (Å²) in [7, 11) is 0. The van der Waals surface area contributed by atoms with E-state index in [1.807, 2.05) is 0 Å². The molecule has 0 bridgehead atoms. The molecule has 1 aromatic rings. The molecule has 1 aliphatic carbocycles. The minimum absolute atomic E-state index is 0.108. The largest absolute Gasteiger partial charge is 0.347 e. The number of hydrogen-bond donors (Lipinski definition) is 1. The third kappa shape index (κ3) is 2.81. The van der Waals surface area contributed by atoms with Crippen molar-refractivity contribution in [2.45, 2.75) is 39.2 Å². The van der Waals surface area contributed by atoms with Gasteiger partial charge in [0.25, 0.3) is 5.91 Å². The number of amides is 1. The van der Waals surface area contributed by atoms with Crippen molar-refractivity contribution in [3.63, 3.8) is 0 Å². The van der Waals surface area contributed by atoms with Crippen LogP contribution in [0.25, 0.3) is 0 Å². The summed E-state index contributed by atoms with van der Waals surface area (Å²) in [4.78, 5) is 19.9. The Balaban J connectivity index is 2.03. The Morgan fingerprint density at radius 3 is 2.59 bits per heavy atom. The van der Waals surface area contributed by atoms with Gasteiger partial charge in [-0.25, -0.2) is 4.98 Å². The summed E-state index contributed by atoms with van der Waals surface area (Å²) in [5.74, 6) is 0.974. The average Bonchev–Trinajstić information content (AvgIpc) is 2.35. The summed E-state index contributed by atoms with van der Waals surface area (Å²) in [5, 5.41) is 3.09. The first-order valence-electron chi connectivity index (χ1n) is 6.25. The van der Waals surface area contributed by atoms with Gasteiger partial charge in [-0.2, -0.15) is 0 Å². The zero-order valence-electron chi connectivity index (χ0n) is 10.4. The van der Waals surface area contributed by atoms with Gasteiger partial charge in [0.05, 0.1) is 6.20 Å². The highest BCUT2D eigenvalue weighted by atomic mass is 16.1. The van der Waals surface area contributed by atoms with E-state index < -0.39 is 0 Å². The third-order valence-corrected chi connectivity index (χ3v) is 3.64. The van der Waals surface area contributed by atoms with Crippen LogP contribution in [0.5, 0.6) is 0 Å². The molecule has 1 aromatic heterocycles. The lowest BCUT2D eigenvalue weighted by atomic mass is 9.78. The smallest absolute Gasteiger partial charge is 0.271 e. The minimum Gasteiger partial charge on any atom is -0.347 e. The molecule has 92 valence electrons. The van der Waals surface area contributed by atoms with Crippen molar-refractivity contribution >= 4 is 5.91 Å². The van der Waals surface area contributed by atoms with Crippen molar-refractivity contribution in [3.8, 4) is 0 Å². The fraction of sp³-hybridized carbons (Fsp3) is 0.615. The molecule has 4 heteroatoms. The Bertz CT molecular complexity index is 370. The summed E-state index contributed by atoms with van der Waals surface area (Å²) in [6, 6.07) is 0.262. The van der Waals surface area contributed by atoms with E-state index >= 15 is 0 Å². The monoisotopic (exact) mass is 233 g/mol. The molecule has 17 heavy (non-hydrogen) atoms. The van der Waals surface area contributed by atoms with Gasteiger partial charge in [0.2, 0.25) is 0 Å². The molecule has 1 aliphatic rings. The van der Waals surface area contributed by atoms with Gasteiger partial charge in [0.15, 0.2) is 0 Å². The average molecular weight is 233 g/mol. The predicted octanol–water partition coefficient (Wildman–Crippen LogP) is 2.03. The highest BCUT2D eigenvalue weighted by Gasteiger charge is 2.29. The Morgan fingerprint density at radius 2 is 2.00 bits per heavy atom. The molecule has 0 radical (unpaired) electrons. The second kappa shape index (κ2) is 5.25. The summed E-state index contributed by atoms with van der Waals surface area (Å²) in [5.41, 5.74) is 0.400. The van der Waals surface area contributed by atoms with Crippen molar-refractivity contribution in [2.75, 3.05) is 0 Å². The number of carbonyl (C=O) groups excluding carboxylic acids is 1.